The summed E-state index contributed by atoms with van der Waals surface area (Å²) >= 11 is 3.48. The summed E-state index contributed by atoms with van der Waals surface area (Å²) in [5.74, 6) is 2.07. The van der Waals surface area contributed by atoms with E-state index in [1.165, 1.54) is 11.1 Å². The minimum atomic E-state index is 0.114. The van der Waals surface area contributed by atoms with Crippen LogP contribution in [0.5, 0.6) is 0 Å². The molecule has 0 aliphatic heterocycles. The summed E-state index contributed by atoms with van der Waals surface area (Å²) < 4.78 is 0. The second-order valence-corrected chi connectivity index (χ2v) is 6.79. The number of thioether (sulfide) groups is 1. The normalized spacial score (nSPS) is 10.4. The van der Waals surface area contributed by atoms with Gasteiger partial charge in [0.1, 0.15) is 0 Å². The van der Waals surface area contributed by atoms with Crippen molar-refractivity contribution in [3.05, 3.63) is 57.8 Å². The Morgan fingerprint density at radius 3 is 2.95 bits per heavy atom. The summed E-state index contributed by atoms with van der Waals surface area (Å²) in [4.78, 5) is 12.8. The Morgan fingerprint density at radius 1 is 1.30 bits per heavy atom. The molecule has 0 spiro atoms. The highest BCUT2D eigenvalue weighted by Crippen LogP contribution is 2.13. The highest BCUT2D eigenvalue weighted by Gasteiger charge is 2.03. The van der Waals surface area contributed by atoms with Crippen LogP contribution in [0.4, 0.5) is 0 Å². The second-order valence-electron chi connectivity index (χ2n) is 4.65. The van der Waals surface area contributed by atoms with Gasteiger partial charge in [0.15, 0.2) is 0 Å². The molecular formula is C16H19NOS2. The van der Waals surface area contributed by atoms with Gasteiger partial charge in [-0.2, -0.15) is 11.8 Å². The summed E-state index contributed by atoms with van der Waals surface area (Å²) in [6, 6.07) is 12.5. The third kappa shape index (κ3) is 5.39. The minimum absolute atomic E-state index is 0.114. The van der Waals surface area contributed by atoms with Gasteiger partial charge in [-0.15, -0.1) is 11.3 Å². The highest BCUT2D eigenvalue weighted by molar-refractivity contribution is 7.98. The molecule has 0 atom stereocenters. The number of carbonyl (C=O) groups is 1. The Kier molecular flexibility index (Phi) is 6.15. The van der Waals surface area contributed by atoms with Gasteiger partial charge < -0.3 is 5.32 Å². The molecule has 1 N–H and O–H groups in total. The number of carbonyl (C=O) groups excluding carboxylic acids is 1. The maximum absolute atomic E-state index is 11.7. The monoisotopic (exact) mass is 305 g/mol. The first-order valence-electron chi connectivity index (χ1n) is 6.66. The molecule has 1 aromatic heterocycles. The molecule has 106 valence electrons. The molecule has 0 fully saturated rings. The fraction of sp³-hybridized carbons (Fsp3) is 0.312. The van der Waals surface area contributed by atoms with E-state index in [1.807, 2.05) is 29.3 Å². The van der Waals surface area contributed by atoms with E-state index in [2.05, 4.69) is 36.5 Å². The summed E-state index contributed by atoms with van der Waals surface area (Å²) in [6.07, 6.45) is 0.500. The van der Waals surface area contributed by atoms with Gasteiger partial charge in [0.25, 0.3) is 0 Å². The maximum Gasteiger partial charge on any atom is 0.225 e. The number of amides is 1. The molecule has 2 aromatic rings. The topological polar surface area (TPSA) is 29.1 Å². The van der Waals surface area contributed by atoms with E-state index in [0.29, 0.717) is 6.42 Å². The predicted octanol–water partition coefficient (Wildman–Crippen LogP) is 3.65. The van der Waals surface area contributed by atoms with E-state index < -0.39 is 0 Å². The van der Waals surface area contributed by atoms with E-state index in [1.54, 1.807) is 11.3 Å². The lowest BCUT2D eigenvalue weighted by molar-refractivity contribution is -0.120. The highest BCUT2D eigenvalue weighted by atomic mass is 32.2. The van der Waals surface area contributed by atoms with Gasteiger partial charge in [-0.05, 0) is 23.9 Å². The van der Waals surface area contributed by atoms with Crippen molar-refractivity contribution >= 4 is 29.0 Å². The Morgan fingerprint density at radius 2 is 2.20 bits per heavy atom. The molecule has 0 bridgehead atoms. The van der Waals surface area contributed by atoms with Crippen molar-refractivity contribution in [3.63, 3.8) is 0 Å². The quantitative estimate of drug-likeness (QED) is 0.791. The molecule has 1 amide bonds. The summed E-state index contributed by atoms with van der Waals surface area (Å²) in [7, 11) is 0. The van der Waals surface area contributed by atoms with Gasteiger partial charge in [-0.25, -0.2) is 0 Å². The van der Waals surface area contributed by atoms with E-state index >= 15 is 0 Å². The van der Waals surface area contributed by atoms with Gasteiger partial charge in [0, 0.05) is 22.9 Å². The molecule has 0 radical (unpaired) electrons. The molecule has 1 aromatic carbocycles. The fourth-order valence-electron chi connectivity index (χ4n) is 1.89. The molecule has 20 heavy (non-hydrogen) atoms. The summed E-state index contributed by atoms with van der Waals surface area (Å²) in [5, 5.41) is 4.97. The van der Waals surface area contributed by atoms with Gasteiger partial charge in [-0.3, -0.25) is 4.79 Å². The molecule has 0 saturated carbocycles. The van der Waals surface area contributed by atoms with Crippen molar-refractivity contribution in [2.24, 2.45) is 0 Å². The maximum atomic E-state index is 11.7. The Bertz CT molecular complexity index is 537. The zero-order valence-electron chi connectivity index (χ0n) is 11.6. The van der Waals surface area contributed by atoms with Crippen LogP contribution in [0.2, 0.25) is 0 Å². The standard InChI is InChI=1S/C16H19NOS2/c1-13-4-2-5-14(10-13)12-19-9-7-17-16(18)11-15-6-3-8-20-15/h2-6,8,10H,7,9,11-12H2,1H3,(H,17,18). The first kappa shape index (κ1) is 15.1. The number of thiophene rings is 1. The zero-order valence-corrected chi connectivity index (χ0v) is 13.2. The Balaban J connectivity index is 1.58. The summed E-state index contributed by atoms with van der Waals surface area (Å²) in [6.45, 7) is 2.85. The first-order chi connectivity index (χ1) is 9.74. The van der Waals surface area contributed by atoms with Crippen LogP contribution in [-0.4, -0.2) is 18.2 Å². The fourth-order valence-corrected chi connectivity index (χ4v) is 3.40. The van der Waals surface area contributed by atoms with E-state index in [4.69, 9.17) is 0 Å². The largest absolute Gasteiger partial charge is 0.355 e. The molecular weight excluding hydrogens is 286 g/mol. The van der Waals surface area contributed by atoms with E-state index in [-0.39, 0.29) is 5.91 Å². The van der Waals surface area contributed by atoms with Crippen LogP contribution < -0.4 is 5.32 Å². The van der Waals surface area contributed by atoms with Gasteiger partial charge in [0.05, 0.1) is 6.42 Å². The van der Waals surface area contributed by atoms with Gasteiger partial charge in [0.2, 0.25) is 5.91 Å². The molecule has 0 saturated heterocycles. The number of hydrogen-bond acceptors (Lipinski definition) is 3. The number of nitrogens with one attached hydrogen (secondary N) is 1. The molecule has 0 aliphatic rings. The Hall–Kier alpha value is -1.26. The lowest BCUT2D eigenvalue weighted by Gasteiger charge is -2.05. The molecule has 0 unspecified atom stereocenters. The smallest absolute Gasteiger partial charge is 0.225 e. The van der Waals surface area contributed by atoms with Crippen molar-refractivity contribution in [3.8, 4) is 0 Å². The lowest BCUT2D eigenvalue weighted by atomic mass is 10.2. The van der Waals surface area contributed by atoms with Crippen LogP contribution in [0.3, 0.4) is 0 Å². The third-order valence-electron chi connectivity index (χ3n) is 2.83. The second kappa shape index (κ2) is 8.12. The number of aryl methyl sites for hydroxylation is 1. The molecule has 4 heteroatoms. The number of benzene rings is 1. The van der Waals surface area contributed by atoms with Crippen LogP contribution in [-0.2, 0) is 17.0 Å². The Labute approximate surface area is 128 Å². The average molecular weight is 305 g/mol. The molecule has 1 heterocycles. The van der Waals surface area contributed by atoms with Crippen molar-refractivity contribution in [1.29, 1.82) is 0 Å². The molecule has 2 nitrogen and oxygen atoms in total. The van der Waals surface area contributed by atoms with Gasteiger partial charge >= 0.3 is 0 Å². The summed E-state index contributed by atoms with van der Waals surface area (Å²) in [5.41, 5.74) is 2.65. The SMILES string of the molecule is Cc1cccc(CSCCNC(=O)Cc2cccs2)c1. The molecule has 0 aliphatic carbocycles. The number of rotatable bonds is 7. The average Bonchev–Trinajstić information content (AvgIpc) is 2.91. The van der Waals surface area contributed by atoms with Crippen molar-refractivity contribution < 1.29 is 4.79 Å². The van der Waals surface area contributed by atoms with Crippen LogP contribution >= 0.6 is 23.1 Å². The minimum Gasteiger partial charge on any atom is -0.355 e. The predicted molar refractivity (Wildman–Crippen MR) is 88.4 cm³/mol. The van der Waals surface area contributed by atoms with Crippen LogP contribution in [0.15, 0.2) is 41.8 Å². The first-order valence-corrected chi connectivity index (χ1v) is 8.70. The van der Waals surface area contributed by atoms with E-state index in [9.17, 15) is 4.79 Å². The van der Waals surface area contributed by atoms with Crippen molar-refractivity contribution in [2.45, 2.75) is 19.1 Å². The lowest BCUT2D eigenvalue weighted by Crippen LogP contribution is -2.27. The van der Waals surface area contributed by atoms with Crippen LogP contribution in [0.25, 0.3) is 0 Å². The van der Waals surface area contributed by atoms with Crippen molar-refractivity contribution in [2.75, 3.05) is 12.3 Å². The number of hydrogen-bond donors (Lipinski definition) is 1. The van der Waals surface area contributed by atoms with Crippen LogP contribution in [0.1, 0.15) is 16.0 Å². The van der Waals surface area contributed by atoms with Crippen LogP contribution in [0, 0.1) is 6.92 Å². The zero-order chi connectivity index (χ0) is 14.2. The third-order valence-corrected chi connectivity index (χ3v) is 4.74. The molecule has 2 rings (SSSR count). The van der Waals surface area contributed by atoms with E-state index in [0.717, 1.165) is 22.9 Å². The van der Waals surface area contributed by atoms with Gasteiger partial charge in [-0.1, -0.05) is 35.9 Å². The van der Waals surface area contributed by atoms with Crippen molar-refractivity contribution in [1.82, 2.24) is 5.32 Å².